The Morgan fingerprint density at radius 2 is 1.79 bits per heavy atom. The Bertz CT molecular complexity index is 392. The largest absolute Gasteiger partial charge is 0.491 e. The third-order valence-corrected chi connectivity index (χ3v) is 6.32. The summed E-state index contributed by atoms with van der Waals surface area (Å²) in [5.41, 5.74) is 0.989. The van der Waals surface area contributed by atoms with Gasteiger partial charge in [-0.3, -0.25) is 0 Å². The van der Waals surface area contributed by atoms with Crippen LogP contribution in [0.1, 0.15) is 32.4 Å². The molecule has 4 heteroatoms. The molecule has 2 rings (SSSR count). The van der Waals surface area contributed by atoms with E-state index in [0.717, 1.165) is 17.1 Å². The number of rotatable bonds is 4. The maximum Gasteiger partial charge on any atom is 0.119 e. The summed E-state index contributed by atoms with van der Waals surface area (Å²) in [6.45, 7) is 6.24. The molecule has 3 unspecified atom stereocenters. The summed E-state index contributed by atoms with van der Waals surface area (Å²) in [5, 5.41) is 11.3. The van der Waals surface area contributed by atoms with E-state index in [2.05, 4.69) is 6.92 Å². The highest BCUT2D eigenvalue weighted by Crippen LogP contribution is 2.38. The molecule has 0 spiro atoms. The molecular weight excluding hydrogens is 276 g/mol. The summed E-state index contributed by atoms with van der Waals surface area (Å²) in [7, 11) is 0. The van der Waals surface area contributed by atoms with Crippen molar-refractivity contribution in [1.82, 2.24) is 0 Å². The van der Waals surface area contributed by atoms with Gasteiger partial charge in [-0.15, -0.1) is 0 Å². The number of hydrogen-bond donors (Lipinski definition) is 1. The number of thioether (sulfide) groups is 2. The van der Waals surface area contributed by atoms with Crippen LogP contribution in [0, 0.1) is 0 Å². The lowest BCUT2D eigenvalue weighted by molar-refractivity contribution is 0.174. The Labute approximate surface area is 124 Å². The van der Waals surface area contributed by atoms with Crippen LogP contribution >= 0.6 is 23.5 Å². The fourth-order valence-electron chi connectivity index (χ4n) is 2.20. The first-order valence-corrected chi connectivity index (χ1v) is 8.85. The van der Waals surface area contributed by atoms with Gasteiger partial charge in [-0.05, 0) is 31.5 Å². The molecule has 1 heterocycles. The zero-order valence-corrected chi connectivity index (χ0v) is 13.3. The van der Waals surface area contributed by atoms with E-state index in [-0.39, 0.29) is 17.5 Å². The van der Waals surface area contributed by atoms with Gasteiger partial charge in [0.05, 0.1) is 12.2 Å². The summed E-state index contributed by atoms with van der Waals surface area (Å²) in [5.74, 6) is 3.19. The maximum atomic E-state index is 10.5. The van der Waals surface area contributed by atoms with Gasteiger partial charge in [0, 0.05) is 22.0 Å². The molecule has 0 aliphatic carbocycles. The predicted octanol–water partition coefficient (Wildman–Crippen LogP) is 3.74. The van der Waals surface area contributed by atoms with Gasteiger partial charge in [0.2, 0.25) is 0 Å². The molecule has 1 saturated heterocycles. The Morgan fingerprint density at radius 1 is 1.16 bits per heavy atom. The predicted molar refractivity (Wildman–Crippen MR) is 85.3 cm³/mol. The van der Waals surface area contributed by atoms with Gasteiger partial charge in [0.1, 0.15) is 5.75 Å². The zero-order valence-electron chi connectivity index (χ0n) is 11.7. The molecule has 2 nitrogen and oxygen atoms in total. The second-order valence-corrected chi connectivity index (χ2v) is 7.86. The maximum absolute atomic E-state index is 10.5. The van der Waals surface area contributed by atoms with E-state index in [1.807, 2.05) is 61.6 Å². The van der Waals surface area contributed by atoms with E-state index in [9.17, 15) is 5.11 Å². The van der Waals surface area contributed by atoms with Gasteiger partial charge in [0.25, 0.3) is 0 Å². The first-order valence-electron chi connectivity index (χ1n) is 6.76. The molecule has 106 valence electrons. The van der Waals surface area contributed by atoms with E-state index >= 15 is 0 Å². The van der Waals surface area contributed by atoms with Crippen molar-refractivity contribution >= 4 is 23.5 Å². The molecule has 0 amide bonds. The molecule has 0 radical (unpaired) electrons. The van der Waals surface area contributed by atoms with Crippen molar-refractivity contribution in [3.8, 4) is 5.75 Å². The monoisotopic (exact) mass is 298 g/mol. The number of benzene rings is 1. The molecule has 19 heavy (non-hydrogen) atoms. The molecule has 1 aliphatic heterocycles. The van der Waals surface area contributed by atoms with Crippen molar-refractivity contribution < 1.29 is 9.84 Å². The van der Waals surface area contributed by atoms with Crippen molar-refractivity contribution in [2.24, 2.45) is 0 Å². The van der Waals surface area contributed by atoms with E-state index in [1.54, 1.807) is 0 Å². The second kappa shape index (κ2) is 6.91. The van der Waals surface area contributed by atoms with Gasteiger partial charge < -0.3 is 9.84 Å². The van der Waals surface area contributed by atoms with Crippen LogP contribution in [0.25, 0.3) is 0 Å². The highest BCUT2D eigenvalue weighted by Gasteiger charge is 2.30. The van der Waals surface area contributed by atoms with E-state index < -0.39 is 0 Å². The third kappa shape index (κ3) is 4.07. The molecule has 0 aromatic heterocycles. The Balaban J connectivity index is 2.04. The van der Waals surface area contributed by atoms with Crippen molar-refractivity contribution in [3.63, 3.8) is 0 Å². The first kappa shape index (κ1) is 15.1. The van der Waals surface area contributed by atoms with Crippen LogP contribution in [0.3, 0.4) is 0 Å². The van der Waals surface area contributed by atoms with Crippen LogP contribution in [-0.4, -0.2) is 33.2 Å². The number of ether oxygens (including phenoxy) is 1. The Hall–Kier alpha value is -0.320. The quantitative estimate of drug-likeness (QED) is 0.917. The van der Waals surface area contributed by atoms with Crippen LogP contribution in [-0.2, 0) is 0 Å². The van der Waals surface area contributed by atoms with Gasteiger partial charge in [-0.1, -0.05) is 19.1 Å². The minimum Gasteiger partial charge on any atom is -0.491 e. The van der Waals surface area contributed by atoms with Crippen molar-refractivity contribution in [3.05, 3.63) is 29.8 Å². The van der Waals surface area contributed by atoms with Gasteiger partial charge in [-0.25, -0.2) is 0 Å². The van der Waals surface area contributed by atoms with Crippen LogP contribution < -0.4 is 4.74 Å². The zero-order chi connectivity index (χ0) is 13.8. The van der Waals surface area contributed by atoms with Crippen LogP contribution in [0.4, 0.5) is 0 Å². The highest BCUT2D eigenvalue weighted by atomic mass is 32.2. The fourth-order valence-corrected chi connectivity index (χ4v) is 5.04. The average molecular weight is 298 g/mol. The molecule has 1 N–H and O–H groups in total. The normalized spacial score (nSPS) is 25.3. The molecule has 1 fully saturated rings. The second-order valence-electron chi connectivity index (χ2n) is 5.09. The van der Waals surface area contributed by atoms with Crippen LogP contribution in [0.5, 0.6) is 5.75 Å². The molecule has 1 aromatic rings. The molecule has 1 aliphatic rings. The van der Waals surface area contributed by atoms with E-state index in [1.165, 1.54) is 5.75 Å². The Morgan fingerprint density at radius 3 is 2.37 bits per heavy atom. The number of aliphatic hydroxyl groups is 1. The molecule has 3 atom stereocenters. The van der Waals surface area contributed by atoms with Gasteiger partial charge in [0.15, 0.2) is 0 Å². The molecule has 1 aromatic carbocycles. The van der Waals surface area contributed by atoms with Crippen LogP contribution in [0.2, 0.25) is 0 Å². The summed E-state index contributed by atoms with van der Waals surface area (Å²) in [4.78, 5) is 0. The number of hydrogen-bond acceptors (Lipinski definition) is 4. The molecule has 0 bridgehead atoms. The minimum atomic E-state index is -0.388. The van der Waals surface area contributed by atoms with Crippen molar-refractivity contribution in [2.75, 3.05) is 11.5 Å². The van der Waals surface area contributed by atoms with Gasteiger partial charge >= 0.3 is 0 Å². The summed E-state index contributed by atoms with van der Waals surface area (Å²) in [6, 6.07) is 7.86. The topological polar surface area (TPSA) is 29.5 Å². The summed E-state index contributed by atoms with van der Waals surface area (Å²) >= 11 is 3.84. The smallest absolute Gasteiger partial charge is 0.119 e. The van der Waals surface area contributed by atoms with Gasteiger partial charge in [-0.2, -0.15) is 23.5 Å². The van der Waals surface area contributed by atoms with E-state index in [4.69, 9.17) is 4.74 Å². The van der Waals surface area contributed by atoms with E-state index in [0.29, 0.717) is 5.25 Å². The number of aliphatic hydroxyl groups excluding tert-OH is 1. The third-order valence-electron chi connectivity index (χ3n) is 3.14. The Kier molecular flexibility index (Phi) is 5.48. The molecular formula is C15H22O2S2. The SMILES string of the molecule is CC(C)Oc1ccc(C(O)C2SCCSC2C)cc1. The lowest BCUT2D eigenvalue weighted by Crippen LogP contribution is -2.29. The van der Waals surface area contributed by atoms with Crippen molar-refractivity contribution in [2.45, 2.75) is 43.5 Å². The lowest BCUT2D eigenvalue weighted by atomic mass is 10.0. The lowest BCUT2D eigenvalue weighted by Gasteiger charge is -2.31. The fraction of sp³-hybridized carbons (Fsp3) is 0.600. The van der Waals surface area contributed by atoms with Crippen molar-refractivity contribution in [1.29, 1.82) is 0 Å². The highest BCUT2D eigenvalue weighted by molar-refractivity contribution is 8.07. The summed E-state index contributed by atoms with van der Waals surface area (Å²) in [6.07, 6.45) is -0.206. The van der Waals surface area contributed by atoms with Crippen LogP contribution in [0.15, 0.2) is 24.3 Å². The standard InChI is InChI=1S/C15H22O2S2/c1-10(2)17-13-6-4-12(5-7-13)14(16)15-11(3)18-8-9-19-15/h4-7,10-11,14-16H,8-9H2,1-3H3. The minimum absolute atomic E-state index is 0.182. The first-order chi connectivity index (χ1) is 9.08. The average Bonchev–Trinajstić information content (AvgIpc) is 2.39. The summed E-state index contributed by atoms with van der Waals surface area (Å²) < 4.78 is 5.62. The molecule has 0 saturated carbocycles.